The molecule has 0 spiro atoms. The number of halogens is 2. The van der Waals surface area contributed by atoms with Crippen LogP contribution >= 0.6 is 0 Å². The van der Waals surface area contributed by atoms with Gasteiger partial charge in [-0.1, -0.05) is 6.07 Å². The van der Waals surface area contributed by atoms with E-state index >= 15 is 0 Å². The number of aryl methyl sites for hydroxylation is 1. The third-order valence-electron chi connectivity index (χ3n) is 4.65. The molecule has 0 radical (unpaired) electrons. The summed E-state index contributed by atoms with van der Waals surface area (Å²) in [6.45, 7) is 5.25. The molecule has 3 aromatic rings. The minimum absolute atomic E-state index is 0.0890. The highest BCUT2D eigenvalue weighted by Gasteiger charge is 2.20. The number of hydrogen-bond donors (Lipinski definition) is 3. The van der Waals surface area contributed by atoms with E-state index < -0.39 is 18.6 Å². The zero-order valence-corrected chi connectivity index (χ0v) is 17.0. The second kappa shape index (κ2) is 9.27. The van der Waals surface area contributed by atoms with Gasteiger partial charge < -0.3 is 15.5 Å². The minimum atomic E-state index is -2.67. The summed E-state index contributed by atoms with van der Waals surface area (Å²) in [5.74, 6) is 0.0890. The Balaban J connectivity index is 1.87. The molecule has 0 fully saturated rings. The molecule has 3 rings (SSSR count). The van der Waals surface area contributed by atoms with Gasteiger partial charge in [0.2, 0.25) is 5.95 Å². The Hall–Kier alpha value is -2.91. The Bertz CT molecular complexity index is 991. The summed E-state index contributed by atoms with van der Waals surface area (Å²) in [6.07, 6.45) is 1.23. The predicted octanol–water partition coefficient (Wildman–Crippen LogP) is 4.02. The van der Waals surface area contributed by atoms with E-state index in [9.17, 15) is 19.0 Å². The van der Waals surface area contributed by atoms with Crippen LogP contribution in [0, 0.1) is 6.92 Å². The van der Waals surface area contributed by atoms with Crippen LogP contribution in [0.4, 0.5) is 20.4 Å². The maximum absolute atomic E-state index is 12.9. The van der Waals surface area contributed by atoms with E-state index in [0.29, 0.717) is 12.1 Å². The topological polar surface area (TPSA) is 96.1 Å². The van der Waals surface area contributed by atoms with Gasteiger partial charge in [0.05, 0.1) is 24.4 Å². The third kappa shape index (κ3) is 5.37. The Morgan fingerprint density at radius 3 is 2.57 bits per heavy atom. The number of aromatic nitrogens is 4. The van der Waals surface area contributed by atoms with E-state index in [1.165, 1.54) is 12.3 Å². The Kier molecular flexibility index (Phi) is 6.73. The standard InChI is InChI=1S/C21H25F2N5O2/c1-12-6-15(16-10-25-28(11-16)19(14(3)30)8-13(2)29)9-17(7-12)26-21-24-5-4-18(27-21)20(22)23/h4-7,9-11,13-14,19-20,29-30H,8H2,1-3H3,(H,24,26,27). The quantitative estimate of drug-likeness (QED) is 0.512. The average Bonchev–Trinajstić information content (AvgIpc) is 3.15. The van der Waals surface area contributed by atoms with E-state index in [2.05, 4.69) is 20.4 Å². The first kappa shape index (κ1) is 21.8. The monoisotopic (exact) mass is 417 g/mol. The van der Waals surface area contributed by atoms with Crippen LogP contribution in [-0.2, 0) is 0 Å². The minimum Gasteiger partial charge on any atom is -0.393 e. The molecule has 7 nitrogen and oxygen atoms in total. The van der Waals surface area contributed by atoms with Crippen molar-refractivity contribution in [3.05, 3.63) is 54.1 Å². The van der Waals surface area contributed by atoms with Crippen molar-refractivity contribution in [1.82, 2.24) is 19.7 Å². The van der Waals surface area contributed by atoms with Crippen molar-refractivity contribution in [3.63, 3.8) is 0 Å². The molecule has 0 amide bonds. The van der Waals surface area contributed by atoms with Gasteiger partial charge in [-0.3, -0.25) is 4.68 Å². The molecule has 160 valence electrons. The molecule has 0 saturated carbocycles. The van der Waals surface area contributed by atoms with Gasteiger partial charge in [0.25, 0.3) is 6.43 Å². The van der Waals surface area contributed by atoms with Crippen LogP contribution in [-0.4, -0.2) is 42.2 Å². The van der Waals surface area contributed by atoms with Crippen molar-refractivity contribution in [2.24, 2.45) is 0 Å². The molecule has 0 aliphatic rings. The van der Waals surface area contributed by atoms with Crippen molar-refractivity contribution in [1.29, 1.82) is 0 Å². The maximum Gasteiger partial charge on any atom is 0.280 e. The third-order valence-corrected chi connectivity index (χ3v) is 4.65. The van der Waals surface area contributed by atoms with Gasteiger partial charge in [-0.15, -0.1) is 0 Å². The average molecular weight is 417 g/mol. The lowest BCUT2D eigenvalue weighted by Gasteiger charge is -2.21. The van der Waals surface area contributed by atoms with E-state index in [1.807, 2.05) is 31.3 Å². The zero-order chi connectivity index (χ0) is 21.8. The number of alkyl halides is 2. The van der Waals surface area contributed by atoms with Gasteiger partial charge in [-0.25, -0.2) is 18.7 Å². The molecule has 2 aromatic heterocycles. The first-order valence-corrected chi connectivity index (χ1v) is 9.63. The molecule has 9 heteroatoms. The molecule has 0 bridgehead atoms. The molecule has 3 unspecified atom stereocenters. The van der Waals surface area contributed by atoms with E-state index in [0.717, 1.165) is 16.7 Å². The number of aliphatic hydroxyl groups is 2. The normalized spacial score (nSPS) is 14.5. The maximum atomic E-state index is 12.9. The van der Waals surface area contributed by atoms with Crippen LogP contribution in [0.5, 0.6) is 0 Å². The molecule has 30 heavy (non-hydrogen) atoms. The van der Waals surface area contributed by atoms with Crippen molar-refractivity contribution in [2.45, 2.75) is 51.9 Å². The molecule has 2 heterocycles. The zero-order valence-electron chi connectivity index (χ0n) is 17.0. The molecule has 1 aromatic carbocycles. The van der Waals surface area contributed by atoms with Crippen molar-refractivity contribution < 1.29 is 19.0 Å². The van der Waals surface area contributed by atoms with Crippen LogP contribution in [0.25, 0.3) is 11.1 Å². The fourth-order valence-electron chi connectivity index (χ4n) is 3.25. The highest BCUT2D eigenvalue weighted by molar-refractivity contribution is 5.70. The van der Waals surface area contributed by atoms with Crippen LogP contribution in [0.1, 0.15) is 44.0 Å². The molecule has 0 saturated heterocycles. The smallest absolute Gasteiger partial charge is 0.280 e. The Morgan fingerprint density at radius 2 is 1.90 bits per heavy atom. The Morgan fingerprint density at radius 1 is 1.13 bits per heavy atom. The van der Waals surface area contributed by atoms with E-state index in [-0.39, 0.29) is 17.7 Å². The highest BCUT2D eigenvalue weighted by Crippen LogP contribution is 2.28. The Labute approximate surface area is 173 Å². The number of nitrogens with zero attached hydrogens (tertiary/aromatic N) is 4. The second-order valence-electron chi connectivity index (χ2n) is 7.42. The van der Waals surface area contributed by atoms with Gasteiger partial charge in [0.1, 0.15) is 5.69 Å². The fraction of sp³-hybridized carbons (Fsp3) is 0.381. The highest BCUT2D eigenvalue weighted by atomic mass is 19.3. The van der Waals surface area contributed by atoms with Crippen molar-refractivity contribution in [3.8, 4) is 11.1 Å². The summed E-state index contributed by atoms with van der Waals surface area (Å²) >= 11 is 0. The lowest BCUT2D eigenvalue weighted by molar-refractivity contribution is 0.0780. The SMILES string of the molecule is Cc1cc(Nc2nccc(C(F)F)n2)cc(-c2cnn(C(CC(C)O)C(C)O)c2)c1. The summed E-state index contributed by atoms with van der Waals surface area (Å²) < 4.78 is 27.4. The summed E-state index contributed by atoms with van der Waals surface area (Å²) in [5, 5.41) is 27.1. The lowest BCUT2D eigenvalue weighted by Crippen LogP contribution is -2.25. The van der Waals surface area contributed by atoms with Crippen LogP contribution in [0.3, 0.4) is 0 Å². The fourth-order valence-corrected chi connectivity index (χ4v) is 3.25. The van der Waals surface area contributed by atoms with Gasteiger partial charge in [-0.2, -0.15) is 5.10 Å². The summed E-state index contributed by atoms with van der Waals surface area (Å²) in [7, 11) is 0. The molecule has 3 N–H and O–H groups in total. The molecular weight excluding hydrogens is 392 g/mol. The largest absolute Gasteiger partial charge is 0.393 e. The van der Waals surface area contributed by atoms with E-state index in [4.69, 9.17) is 0 Å². The van der Waals surface area contributed by atoms with Crippen molar-refractivity contribution >= 4 is 11.6 Å². The molecular formula is C21H25F2N5O2. The van der Waals surface area contributed by atoms with Gasteiger partial charge in [-0.05, 0) is 56.5 Å². The number of rotatable bonds is 8. The first-order chi connectivity index (χ1) is 14.2. The summed E-state index contributed by atoms with van der Waals surface area (Å²) in [6, 6.07) is 6.50. The van der Waals surface area contributed by atoms with Crippen LogP contribution in [0.15, 0.2) is 42.9 Å². The molecule has 0 aliphatic heterocycles. The van der Waals surface area contributed by atoms with Gasteiger partial charge in [0, 0.05) is 23.6 Å². The van der Waals surface area contributed by atoms with Crippen LogP contribution in [0.2, 0.25) is 0 Å². The lowest BCUT2D eigenvalue weighted by atomic mass is 10.0. The molecule has 0 aliphatic carbocycles. The van der Waals surface area contributed by atoms with Crippen LogP contribution < -0.4 is 5.32 Å². The number of nitrogens with one attached hydrogen (secondary N) is 1. The van der Waals surface area contributed by atoms with Gasteiger partial charge >= 0.3 is 0 Å². The van der Waals surface area contributed by atoms with Crippen molar-refractivity contribution in [2.75, 3.05) is 5.32 Å². The molecule has 3 atom stereocenters. The summed E-state index contributed by atoms with van der Waals surface area (Å²) in [4.78, 5) is 7.83. The van der Waals surface area contributed by atoms with E-state index in [1.54, 1.807) is 24.7 Å². The number of aliphatic hydroxyl groups excluding tert-OH is 2. The number of anilines is 2. The van der Waals surface area contributed by atoms with Gasteiger partial charge in [0.15, 0.2) is 0 Å². The number of hydrogen-bond acceptors (Lipinski definition) is 6. The first-order valence-electron chi connectivity index (χ1n) is 9.63. The predicted molar refractivity (Wildman–Crippen MR) is 110 cm³/mol. The second-order valence-corrected chi connectivity index (χ2v) is 7.42. The summed E-state index contributed by atoms with van der Waals surface area (Å²) in [5.41, 5.74) is 2.93. The number of benzene rings is 1.